The summed E-state index contributed by atoms with van der Waals surface area (Å²) < 4.78 is 0.775. The van der Waals surface area contributed by atoms with Crippen molar-refractivity contribution in [3.05, 3.63) is 34.5 Å². The molecule has 0 aliphatic carbocycles. The molecule has 0 aromatic heterocycles. The highest BCUT2D eigenvalue weighted by atomic mass is 32.2. The second-order valence-electron chi connectivity index (χ2n) is 7.97. The van der Waals surface area contributed by atoms with Crippen molar-refractivity contribution in [3.63, 3.8) is 0 Å². The lowest BCUT2D eigenvalue weighted by Gasteiger charge is -2.27. The molecule has 0 unspecified atom stereocenters. The second kappa shape index (κ2) is 6.60. The van der Waals surface area contributed by atoms with Crippen LogP contribution in [0.25, 0.3) is 6.08 Å². The van der Waals surface area contributed by atoms with Gasteiger partial charge in [-0.1, -0.05) is 41.5 Å². The van der Waals surface area contributed by atoms with Crippen molar-refractivity contribution in [3.8, 4) is 5.75 Å². The fraction of sp³-hybridized carbons (Fsp3) is 0.474. The number of benzene rings is 1. The van der Waals surface area contributed by atoms with Crippen LogP contribution in [0.4, 0.5) is 0 Å². The minimum Gasteiger partial charge on any atom is -0.507 e. The molecule has 1 aromatic rings. The van der Waals surface area contributed by atoms with E-state index in [9.17, 15) is 9.90 Å². The number of carbonyl (C=O) groups is 1. The fourth-order valence-corrected chi connectivity index (χ4v) is 3.78. The van der Waals surface area contributed by atoms with E-state index in [1.807, 2.05) is 24.5 Å². The van der Waals surface area contributed by atoms with E-state index in [1.54, 1.807) is 0 Å². The normalized spacial score (nSPS) is 17.5. The minimum atomic E-state index is -0.194. The molecule has 0 saturated heterocycles. The maximum atomic E-state index is 12.1. The van der Waals surface area contributed by atoms with Crippen LogP contribution in [0.2, 0.25) is 0 Å². The maximum absolute atomic E-state index is 12.1. The Kier molecular flexibility index (Phi) is 5.26. The fourth-order valence-electron chi connectivity index (χ4n) is 2.52. The lowest BCUT2D eigenvalue weighted by atomic mass is 9.78. The summed E-state index contributed by atoms with van der Waals surface area (Å²) in [5.74, 6) is 0.345. The largest absolute Gasteiger partial charge is 0.507 e. The quantitative estimate of drug-likeness (QED) is 0.686. The minimum absolute atomic E-state index is 0.0259. The van der Waals surface area contributed by atoms with E-state index in [2.05, 4.69) is 46.5 Å². The molecule has 0 radical (unpaired) electrons. The van der Waals surface area contributed by atoms with Crippen molar-refractivity contribution >= 4 is 39.1 Å². The van der Waals surface area contributed by atoms with Gasteiger partial charge in [0.1, 0.15) is 15.8 Å². The summed E-state index contributed by atoms with van der Waals surface area (Å²) >= 11 is 2.65. The summed E-state index contributed by atoms with van der Waals surface area (Å²) in [6.07, 6.45) is 3.74. The molecule has 130 valence electrons. The van der Waals surface area contributed by atoms with Crippen molar-refractivity contribution in [2.24, 2.45) is 4.99 Å². The van der Waals surface area contributed by atoms with E-state index in [-0.39, 0.29) is 15.9 Å². The highest BCUT2D eigenvalue weighted by Gasteiger charge is 2.27. The van der Waals surface area contributed by atoms with Crippen LogP contribution in [0, 0.1) is 0 Å². The summed E-state index contributed by atoms with van der Waals surface area (Å²) in [6, 6.07) is 3.92. The maximum Gasteiger partial charge on any atom is 0.244 e. The Hall–Kier alpha value is -1.20. The summed E-state index contributed by atoms with van der Waals surface area (Å²) in [4.78, 5) is 16.5. The van der Waals surface area contributed by atoms with Gasteiger partial charge in [0.05, 0.1) is 0 Å². The number of aliphatic imine (C=N–C) groups is 1. The van der Waals surface area contributed by atoms with Gasteiger partial charge in [-0.05, 0) is 52.6 Å². The highest BCUT2D eigenvalue weighted by Crippen LogP contribution is 2.40. The van der Waals surface area contributed by atoms with Gasteiger partial charge < -0.3 is 5.11 Å². The second-order valence-corrected chi connectivity index (χ2v) is 9.98. The third kappa shape index (κ3) is 4.06. The molecule has 0 amide bonds. The lowest BCUT2D eigenvalue weighted by molar-refractivity contribution is -0.107. The zero-order chi connectivity index (χ0) is 18.3. The first kappa shape index (κ1) is 19.1. The van der Waals surface area contributed by atoms with Gasteiger partial charge in [-0.25, -0.2) is 4.99 Å². The van der Waals surface area contributed by atoms with Gasteiger partial charge in [-0.2, -0.15) is 0 Å². The first-order chi connectivity index (χ1) is 10.9. The van der Waals surface area contributed by atoms with Gasteiger partial charge in [-0.15, -0.1) is 11.8 Å². The molecule has 24 heavy (non-hydrogen) atoms. The predicted molar refractivity (Wildman–Crippen MR) is 107 cm³/mol. The molecule has 0 bridgehead atoms. The summed E-state index contributed by atoms with van der Waals surface area (Å²) in [5, 5.41) is 10.7. The van der Waals surface area contributed by atoms with E-state index in [0.29, 0.717) is 11.4 Å². The van der Waals surface area contributed by atoms with Crippen LogP contribution in [0.1, 0.15) is 58.2 Å². The Morgan fingerprint density at radius 3 is 1.96 bits per heavy atom. The highest BCUT2D eigenvalue weighted by molar-refractivity contribution is 8.45. The number of aromatic hydroxyl groups is 1. The number of carbonyl (C=O) groups excluding carboxylic acids is 1. The Morgan fingerprint density at radius 2 is 1.58 bits per heavy atom. The molecular formula is C19H25NO2S2. The smallest absolute Gasteiger partial charge is 0.244 e. The van der Waals surface area contributed by atoms with Crippen LogP contribution in [-0.2, 0) is 15.6 Å². The number of phenols is 1. The van der Waals surface area contributed by atoms with Crippen molar-refractivity contribution in [2.45, 2.75) is 52.4 Å². The number of rotatable bonds is 1. The molecule has 1 aliphatic heterocycles. The molecule has 1 aromatic carbocycles. The molecular weight excluding hydrogens is 338 g/mol. The molecule has 1 heterocycles. The standard InChI is InChI=1S/C19H25NO2S2/c1-18(2,3)12-8-11(9-13(15(12)21)19(4,5)6)10-14-16(22)24-17(20-14)23-7/h8-10,21H,1-7H3/b14-10-. The van der Waals surface area contributed by atoms with Crippen LogP contribution >= 0.6 is 23.5 Å². The topological polar surface area (TPSA) is 49.7 Å². The number of thioether (sulfide) groups is 2. The third-order valence-corrected chi connectivity index (χ3v) is 5.68. The lowest BCUT2D eigenvalue weighted by Crippen LogP contribution is -2.17. The first-order valence-electron chi connectivity index (χ1n) is 7.88. The number of hydrogen-bond donors (Lipinski definition) is 1. The van der Waals surface area contributed by atoms with Crippen molar-refractivity contribution < 1.29 is 9.90 Å². The SMILES string of the molecule is CSC1=N/C(=C\c2cc(C(C)(C)C)c(O)c(C(C)(C)C)c2)C(=O)S1. The van der Waals surface area contributed by atoms with Crippen LogP contribution in [0.15, 0.2) is 22.8 Å². The first-order valence-corrected chi connectivity index (χ1v) is 9.92. The van der Waals surface area contributed by atoms with Crippen LogP contribution in [0.3, 0.4) is 0 Å². The molecule has 0 atom stereocenters. The molecule has 5 heteroatoms. The Morgan fingerprint density at radius 1 is 1.08 bits per heavy atom. The molecule has 1 aliphatic rings. The molecule has 0 saturated carbocycles. The average molecular weight is 364 g/mol. The molecule has 2 rings (SSSR count). The van der Waals surface area contributed by atoms with Gasteiger partial charge in [0.25, 0.3) is 0 Å². The number of hydrogen-bond acceptors (Lipinski definition) is 5. The van der Waals surface area contributed by atoms with E-state index in [4.69, 9.17) is 0 Å². The van der Waals surface area contributed by atoms with Crippen LogP contribution in [-0.4, -0.2) is 20.9 Å². The van der Waals surface area contributed by atoms with E-state index < -0.39 is 0 Å². The number of phenolic OH excluding ortho intramolecular Hbond substituents is 1. The Bertz CT molecular complexity index is 700. The van der Waals surface area contributed by atoms with Crippen LogP contribution in [0.5, 0.6) is 5.75 Å². The monoisotopic (exact) mass is 363 g/mol. The van der Waals surface area contributed by atoms with Gasteiger partial charge in [0.2, 0.25) is 5.12 Å². The van der Waals surface area contributed by atoms with Crippen LogP contribution < -0.4 is 0 Å². The van der Waals surface area contributed by atoms with Gasteiger partial charge in [-0.3, -0.25) is 4.79 Å². The zero-order valence-corrected chi connectivity index (χ0v) is 17.0. The van der Waals surface area contributed by atoms with Gasteiger partial charge >= 0.3 is 0 Å². The Balaban J connectivity index is 2.64. The molecule has 3 nitrogen and oxygen atoms in total. The summed E-state index contributed by atoms with van der Waals surface area (Å²) in [5.41, 5.74) is 2.75. The Labute approximate surface area is 153 Å². The van der Waals surface area contributed by atoms with Crippen molar-refractivity contribution in [2.75, 3.05) is 6.26 Å². The summed E-state index contributed by atoms with van der Waals surface area (Å²) in [6.45, 7) is 12.5. The molecule has 1 N–H and O–H groups in total. The molecule has 0 fully saturated rings. The van der Waals surface area contributed by atoms with Gasteiger partial charge in [0.15, 0.2) is 0 Å². The molecule has 0 spiro atoms. The van der Waals surface area contributed by atoms with Gasteiger partial charge in [0, 0.05) is 11.1 Å². The predicted octanol–water partition coefficient (Wildman–Crippen LogP) is 5.32. The van der Waals surface area contributed by atoms with E-state index in [0.717, 1.165) is 21.1 Å². The third-order valence-electron chi connectivity index (χ3n) is 3.83. The van der Waals surface area contributed by atoms with E-state index >= 15 is 0 Å². The van der Waals surface area contributed by atoms with Crippen molar-refractivity contribution in [1.29, 1.82) is 0 Å². The number of nitrogens with zero attached hydrogens (tertiary/aromatic N) is 1. The zero-order valence-electron chi connectivity index (χ0n) is 15.4. The van der Waals surface area contributed by atoms with E-state index in [1.165, 1.54) is 23.5 Å². The summed E-state index contributed by atoms with van der Waals surface area (Å²) in [7, 11) is 0. The average Bonchev–Trinajstić information content (AvgIpc) is 2.78. The van der Waals surface area contributed by atoms with Crippen molar-refractivity contribution in [1.82, 2.24) is 0 Å².